The molecule has 0 aromatic carbocycles. The highest BCUT2D eigenvalue weighted by Crippen LogP contribution is 2.12. The maximum absolute atomic E-state index is 11.6. The summed E-state index contributed by atoms with van der Waals surface area (Å²) in [5, 5.41) is 0. The van der Waals surface area contributed by atoms with Crippen molar-refractivity contribution in [1.29, 1.82) is 0 Å². The van der Waals surface area contributed by atoms with Crippen molar-refractivity contribution in [3.63, 3.8) is 0 Å². The minimum atomic E-state index is -0.482. The van der Waals surface area contributed by atoms with Crippen LogP contribution >= 0.6 is 0 Å². The Kier molecular flexibility index (Phi) is 30.2. The van der Waals surface area contributed by atoms with Crippen molar-refractivity contribution in [3.05, 3.63) is 12.2 Å². The lowest BCUT2D eigenvalue weighted by atomic mass is 10.1. The molecule has 0 saturated heterocycles. The monoisotopic (exact) mass is 494 g/mol. The highest BCUT2D eigenvalue weighted by atomic mass is 16.7. The molecule has 35 heavy (non-hydrogen) atoms. The van der Waals surface area contributed by atoms with E-state index >= 15 is 0 Å². The molecule has 0 atom stereocenters. The van der Waals surface area contributed by atoms with Crippen molar-refractivity contribution in [1.82, 2.24) is 0 Å². The number of carbonyl (C=O) groups is 1. The summed E-state index contributed by atoms with van der Waals surface area (Å²) >= 11 is 0. The van der Waals surface area contributed by atoms with E-state index in [4.69, 9.17) is 9.47 Å². The molecule has 0 spiro atoms. The summed E-state index contributed by atoms with van der Waals surface area (Å²) in [5.74, 6) is 0. The third kappa shape index (κ3) is 31.0. The summed E-state index contributed by atoms with van der Waals surface area (Å²) in [6.45, 7) is 5.54. The van der Waals surface area contributed by atoms with Crippen LogP contribution in [0.1, 0.15) is 174 Å². The molecule has 0 radical (unpaired) electrons. The molecule has 0 aliphatic rings. The molecule has 208 valence electrons. The Morgan fingerprint density at radius 1 is 0.429 bits per heavy atom. The quantitative estimate of drug-likeness (QED) is 0.0616. The Hall–Kier alpha value is -0.990. The summed E-state index contributed by atoms with van der Waals surface area (Å²) in [4.78, 5) is 11.6. The molecular weight excluding hydrogens is 432 g/mol. The molecule has 0 fully saturated rings. The Bertz CT molecular complexity index is 433. The second-order valence-electron chi connectivity index (χ2n) is 10.4. The third-order valence-electron chi connectivity index (χ3n) is 6.84. The van der Waals surface area contributed by atoms with E-state index in [0.29, 0.717) is 13.2 Å². The van der Waals surface area contributed by atoms with Crippen LogP contribution < -0.4 is 0 Å². The van der Waals surface area contributed by atoms with Crippen LogP contribution in [0.5, 0.6) is 0 Å². The minimum Gasteiger partial charge on any atom is -0.434 e. The number of rotatable bonds is 28. The summed E-state index contributed by atoms with van der Waals surface area (Å²) in [5.41, 5.74) is 0. The Labute approximate surface area is 220 Å². The molecule has 3 heteroatoms. The topological polar surface area (TPSA) is 35.5 Å². The number of hydrogen-bond donors (Lipinski definition) is 0. The van der Waals surface area contributed by atoms with Gasteiger partial charge in [0.25, 0.3) is 0 Å². The number of unbranched alkanes of at least 4 members (excludes halogenated alkanes) is 22. The summed E-state index contributed by atoms with van der Waals surface area (Å²) in [6.07, 6.45) is 36.6. The lowest BCUT2D eigenvalue weighted by Gasteiger charge is -2.06. The number of allylic oxidation sites excluding steroid dienone is 2. The van der Waals surface area contributed by atoms with Gasteiger partial charge in [-0.1, -0.05) is 148 Å². The fraction of sp³-hybridized carbons (Fsp3) is 0.906. The van der Waals surface area contributed by atoms with Gasteiger partial charge in [0.15, 0.2) is 0 Å². The van der Waals surface area contributed by atoms with Crippen LogP contribution in [-0.2, 0) is 9.47 Å². The molecule has 0 unspecified atom stereocenters. The smallest absolute Gasteiger partial charge is 0.434 e. The zero-order valence-corrected chi connectivity index (χ0v) is 24.0. The van der Waals surface area contributed by atoms with Crippen molar-refractivity contribution in [2.24, 2.45) is 0 Å². The first-order chi connectivity index (χ1) is 17.3. The fourth-order valence-electron chi connectivity index (χ4n) is 4.47. The van der Waals surface area contributed by atoms with Crippen LogP contribution in [0.3, 0.4) is 0 Å². The van der Waals surface area contributed by atoms with Gasteiger partial charge in [0.05, 0.1) is 13.2 Å². The largest absolute Gasteiger partial charge is 0.508 e. The summed E-state index contributed by atoms with van der Waals surface area (Å²) in [7, 11) is 0. The fourth-order valence-corrected chi connectivity index (χ4v) is 4.47. The highest BCUT2D eigenvalue weighted by molar-refractivity contribution is 5.59. The Morgan fingerprint density at radius 2 is 0.714 bits per heavy atom. The highest BCUT2D eigenvalue weighted by Gasteiger charge is 2.03. The van der Waals surface area contributed by atoms with Gasteiger partial charge in [-0.3, -0.25) is 0 Å². The van der Waals surface area contributed by atoms with Crippen LogP contribution in [0, 0.1) is 0 Å². The van der Waals surface area contributed by atoms with Crippen LogP contribution in [0.15, 0.2) is 12.2 Å². The molecule has 0 bridgehead atoms. The molecule has 0 N–H and O–H groups in total. The zero-order chi connectivity index (χ0) is 25.5. The second kappa shape index (κ2) is 31.0. The SMILES string of the molecule is CCCCCCCC/C=C\CCCCCCCCOC(=O)OCCCCCCCCCCCCC. The predicted octanol–water partition coefficient (Wildman–Crippen LogP) is 11.5. The van der Waals surface area contributed by atoms with Crippen molar-refractivity contribution in [2.45, 2.75) is 174 Å². The molecule has 0 aliphatic carbocycles. The molecule has 0 saturated carbocycles. The van der Waals surface area contributed by atoms with Crippen molar-refractivity contribution in [3.8, 4) is 0 Å². The predicted molar refractivity (Wildman–Crippen MR) is 153 cm³/mol. The number of carbonyl (C=O) groups excluding carboxylic acids is 1. The van der Waals surface area contributed by atoms with Gasteiger partial charge in [0.1, 0.15) is 0 Å². The molecule has 0 rings (SSSR count). The Balaban J connectivity index is 3.19. The lowest BCUT2D eigenvalue weighted by Crippen LogP contribution is -2.09. The number of ether oxygens (including phenoxy) is 2. The standard InChI is InChI=1S/C32H62O3/c1-3-5-7-9-11-13-15-16-17-18-19-21-23-25-27-29-31-35-32(33)34-30-28-26-24-22-20-14-12-10-8-6-4-2/h16-17H,3-15,18-31H2,1-2H3/b17-16-. The van der Waals surface area contributed by atoms with Crippen molar-refractivity contribution >= 4 is 6.16 Å². The number of hydrogen-bond acceptors (Lipinski definition) is 3. The first-order valence-electron chi connectivity index (χ1n) is 15.8. The molecule has 0 aromatic rings. The first kappa shape index (κ1) is 34.0. The molecular formula is C32H62O3. The van der Waals surface area contributed by atoms with Gasteiger partial charge in [0, 0.05) is 0 Å². The van der Waals surface area contributed by atoms with Crippen LogP contribution in [0.4, 0.5) is 4.79 Å². The van der Waals surface area contributed by atoms with E-state index in [9.17, 15) is 4.79 Å². The average Bonchev–Trinajstić information content (AvgIpc) is 2.86. The lowest BCUT2D eigenvalue weighted by molar-refractivity contribution is 0.0529. The average molecular weight is 495 g/mol. The van der Waals surface area contributed by atoms with Gasteiger partial charge in [-0.25, -0.2) is 4.79 Å². The van der Waals surface area contributed by atoms with E-state index in [0.717, 1.165) is 25.7 Å². The maximum Gasteiger partial charge on any atom is 0.508 e. The van der Waals surface area contributed by atoms with Gasteiger partial charge >= 0.3 is 6.16 Å². The third-order valence-corrected chi connectivity index (χ3v) is 6.84. The second-order valence-corrected chi connectivity index (χ2v) is 10.4. The molecule has 0 amide bonds. The van der Waals surface area contributed by atoms with Crippen molar-refractivity contribution in [2.75, 3.05) is 13.2 Å². The van der Waals surface area contributed by atoms with Crippen LogP contribution in [-0.4, -0.2) is 19.4 Å². The van der Waals surface area contributed by atoms with Gasteiger partial charge in [0.2, 0.25) is 0 Å². The van der Waals surface area contributed by atoms with E-state index in [2.05, 4.69) is 26.0 Å². The summed E-state index contributed by atoms with van der Waals surface area (Å²) in [6, 6.07) is 0. The van der Waals surface area contributed by atoms with E-state index in [-0.39, 0.29) is 0 Å². The van der Waals surface area contributed by atoms with Gasteiger partial charge in [-0.2, -0.15) is 0 Å². The normalized spacial score (nSPS) is 11.4. The van der Waals surface area contributed by atoms with Gasteiger partial charge in [-0.05, 0) is 38.5 Å². The van der Waals surface area contributed by atoms with E-state index in [1.54, 1.807) is 0 Å². The molecule has 0 aliphatic heterocycles. The van der Waals surface area contributed by atoms with E-state index in [1.165, 1.54) is 135 Å². The Morgan fingerprint density at radius 3 is 1.06 bits per heavy atom. The maximum atomic E-state index is 11.6. The molecule has 0 heterocycles. The molecule has 0 aromatic heterocycles. The van der Waals surface area contributed by atoms with E-state index in [1.807, 2.05) is 0 Å². The zero-order valence-electron chi connectivity index (χ0n) is 24.0. The van der Waals surface area contributed by atoms with Gasteiger partial charge in [-0.15, -0.1) is 0 Å². The minimum absolute atomic E-state index is 0.482. The van der Waals surface area contributed by atoms with E-state index < -0.39 is 6.16 Å². The van der Waals surface area contributed by atoms with Gasteiger partial charge < -0.3 is 9.47 Å². The first-order valence-corrected chi connectivity index (χ1v) is 15.8. The summed E-state index contributed by atoms with van der Waals surface area (Å²) < 4.78 is 10.4. The van der Waals surface area contributed by atoms with Crippen LogP contribution in [0.2, 0.25) is 0 Å². The molecule has 3 nitrogen and oxygen atoms in total. The van der Waals surface area contributed by atoms with Crippen molar-refractivity contribution < 1.29 is 14.3 Å². The van der Waals surface area contributed by atoms with Crippen LogP contribution in [0.25, 0.3) is 0 Å².